The predicted octanol–water partition coefficient (Wildman–Crippen LogP) is 4.85. The van der Waals surface area contributed by atoms with Crippen molar-refractivity contribution in [1.82, 2.24) is 0 Å². The zero-order valence-corrected chi connectivity index (χ0v) is 12.6. The number of hydrogen-bond donors (Lipinski definition) is 1. The van der Waals surface area contributed by atoms with E-state index in [1.54, 1.807) is 6.26 Å². The van der Waals surface area contributed by atoms with Gasteiger partial charge in [0.2, 0.25) is 0 Å². The standard InChI is InChI=1S/C13H13Br2NO/c1-9(7-11-3-2-6-17-11)16-13-8-10(14)4-5-12(13)15/h2-6,8-9,16H,7H2,1H3. The van der Waals surface area contributed by atoms with Crippen LogP contribution in [-0.2, 0) is 6.42 Å². The fraction of sp³-hybridized carbons (Fsp3) is 0.231. The average molecular weight is 359 g/mol. The second-order valence-electron chi connectivity index (χ2n) is 3.95. The minimum atomic E-state index is 0.312. The highest BCUT2D eigenvalue weighted by Crippen LogP contribution is 2.27. The second-order valence-corrected chi connectivity index (χ2v) is 5.72. The number of furan rings is 1. The van der Waals surface area contributed by atoms with Crippen molar-refractivity contribution < 1.29 is 4.42 Å². The molecule has 2 nitrogen and oxygen atoms in total. The van der Waals surface area contributed by atoms with E-state index in [2.05, 4.69) is 50.2 Å². The van der Waals surface area contributed by atoms with Gasteiger partial charge in [-0.3, -0.25) is 0 Å². The highest BCUT2D eigenvalue weighted by molar-refractivity contribution is 9.11. The van der Waals surface area contributed by atoms with E-state index in [0.717, 1.165) is 26.8 Å². The minimum absolute atomic E-state index is 0.312. The maximum Gasteiger partial charge on any atom is 0.105 e. The Morgan fingerprint density at radius 3 is 2.82 bits per heavy atom. The lowest BCUT2D eigenvalue weighted by atomic mass is 10.2. The summed E-state index contributed by atoms with van der Waals surface area (Å²) in [6.45, 7) is 2.13. The fourth-order valence-corrected chi connectivity index (χ4v) is 2.38. The predicted molar refractivity (Wildman–Crippen MR) is 77.3 cm³/mol. The van der Waals surface area contributed by atoms with Gasteiger partial charge in [-0.25, -0.2) is 0 Å². The monoisotopic (exact) mass is 357 g/mol. The normalized spacial score (nSPS) is 12.4. The van der Waals surface area contributed by atoms with E-state index in [9.17, 15) is 0 Å². The summed E-state index contributed by atoms with van der Waals surface area (Å²) in [5, 5.41) is 3.45. The van der Waals surface area contributed by atoms with Gasteiger partial charge in [0, 0.05) is 27.1 Å². The molecule has 0 saturated carbocycles. The maximum absolute atomic E-state index is 5.33. The van der Waals surface area contributed by atoms with Gasteiger partial charge in [-0.05, 0) is 53.2 Å². The third-order valence-electron chi connectivity index (χ3n) is 2.42. The molecule has 17 heavy (non-hydrogen) atoms. The zero-order valence-electron chi connectivity index (χ0n) is 9.41. The van der Waals surface area contributed by atoms with E-state index in [4.69, 9.17) is 4.42 Å². The molecule has 1 aromatic carbocycles. The van der Waals surface area contributed by atoms with E-state index in [-0.39, 0.29) is 0 Å². The Hall–Kier alpha value is -0.740. The molecule has 0 spiro atoms. The Morgan fingerprint density at radius 2 is 2.12 bits per heavy atom. The Kier molecular flexibility index (Phi) is 4.29. The van der Waals surface area contributed by atoms with Crippen molar-refractivity contribution in [2.45, 2.75) is 19.4 Å². The summed E-state index contributed by atoms with van der Waals surface area (Å²) in [5.41, 5.74) is 1.08. The molecule has 2 rings (SSSR count). The molecule has 2 aromatic rings. The van der Waals surface area contributed by atoms with Crippen molar-refractivity contribution in [3.8, 4) is 0 Å². The maximum atomic E-state index is 5.33. The number of benzene rings is 1. The third kappa shape index (κ3) is 3.61. The van der Waals surface area contributed by atoms with Crippen molar-refractivity contribution in [2.75, 3.05) is 5.32 Å². The molecule has 90 valence electrons. The first-order valence-corrected chi connectivity index (χ1v) is 6.97. The van der Waals surface area contributed by atoms with Crippen LogP contribution in [0, 0.1) is 0 Å². The van der Waals surface area contributed by atoms with Gasteiger partial charge in [0.15, 0.2) is 0 Å². The molecule has 0 aliphatic rings. The summed E-state index contributed by atoms with van der Waals surface area (Å²) in [4.78, 5) is 0. The van der Waals surface area contributed by atoms with Crippen LogP contribution >= 0.6 is 31.9 Å². The van der Waals surface area contributed by atoms with Crippen LogP contribution in [0.25, 0.3) is 0 Å². The van der Waals surface area contributed by atoms with Gasteiger partial charge in [-0.2, -0.15) is 0 Å². The van der Waals surface area contributed by atoms with Gasteiger partial charge in [-0.1, -0.05) is 15.9 Å². The van der Waals surface area contributed by atoms with Gasteiger partial charge >= 0.3 is 0 Å². The summed E-state index contributed by atoms with van der Waals surface area (Å²) in [6.07, 6.45) is 2.57. The van der Waals surface area contributed by atoms with Gasteiger partial charge in [0.05, 0.1) is 6.26 Å². The molecule has 1 atom stereocenters. The molecule has 0 amide bonds. The zero-order chi connectivity index (χ0) is 12.3. The Labute approximate surface area is 118 Å². The summed E-state index contributed by atoms with van der Waals surface area (Å²) < 4.78 is 7.46. The highest BCUT2D eigenvalue weighted by Gasteiger charge is 2.08. The number of rotatable bonds is 4. The second kappa shape index (κ2) is 5.74. The molecular weight excluding hydrogens is 346 g/mol. The molecule has 0 aliphatic carbocycles. The fourth-order valence-electron chi connectivity index (χ4n) is 1.66. The van der Waals surface area contributed by atoms with Crippen LogP contribution in [0.1, 0.15) is 12.7 Å². The minimum Gasteiger partial charge on any atom is -0.469 e. The lowest BCUT2D eigenvalue weighted by Gasteiger charge is -2.15. The molecule has 0 aliphatic heterocycles. The molecule has 0 bridgehead atoms. The van der Waals surface area contributed by atoms with Crippen LogP contribution in [0.3, 0.4) is 0 Å². The molecule has 1 N–H and O–H groups in total. The first kappa shape index (κ1) is 12.7. The Bertz CT molecular complexity index is 482. The molecule has 0 saturated heterocycles. The van der Waals surface area contributed by atoms with E-state index in [1.165, 1.54) is 0 Å². The first-order chi connectivity index (χ1) is 8.15. The lowest BCUT2D eigenvalue weighted by Crippen LogP contribution is -2.18. The number of halogens is 2. The van der Waals surface area contributed by atoms with Crippen molar-refractivity contribution in [2.24, 2.45) is 0 Å². The Morgan fingerprint density at radius 1 is 1.29 bits per heavy atom. The highest BCUT2D eigenvalue weighted by atomic mass is 79.9. The summed E-state index contributed by atoms with van der Waals surface area (Å²) in [5.74, 6) is 0.996. The lowest BCUT2D eigenvalue weighted by molar-refractivity contribution is 0.498. The summed E-state index contributed by atoms with van der Waals surface area (Å²) in [6, 6.07) is 10.3. The number of hydrogen-bond acceptors (Lipinski definition) is 2. The van der Waals surface area contributed by atoms with E-state index in [1.807, 2.05) is 24.3 Å². The van der Waals surface area contributed by atoms with Crippen LogP contribution in [0.2, 0.25) is 0 Å². The molecule has 0 fully saturated rings. The first-order valence-electron chi connectivity index (χ1n) is 5.39. The van der Waals surface area contributed by atoms with Gasteiger partial charge < -0.3 is 9.73 Å². The topological polar surface area (TPSA) is 25.2 Å². The average Bonchev–Trinajstić information content (AvgIpc) is 2.76. The quantitative estimate of drug-likeness (QED) is 0.845. The molecule has 1 heterocycles. The van der Waals surface area contributed by atoms with Crippen molar-refractivity contribution in [1.29, 1.82) is 0 Å². The van der Waals surface area contributed by atoms with Crippen molar-refractivity contribution in [3.05, 3.63) is 51.3 Å². The summed E-state index contributed by atoms with van der Waals surface area (Å²) >= 11 is 7.00. The van der Waals surface area contributed by atoms with Crippen LogP contribution in [-0.4, -0.2) is 6.04 Å². The molecule has 1 aromatic heterocycles. The Balaban J connectivity index is 2.02. The smallest absolute Gasteiger partial charge is 0.105 e. The molecule has 1 unspecified atom stereocenters. The number of anilines is 1. The van der Waals surface area contributed by atoms with Gasteiger partial charge in [0.25, 0.3) is 0 Å². The van der Waals surface area contributed by atoms with Crippen LogP contribution < -0.4 is 5.32 Å². The SMILES string of the molecule is CC(Cc1ccco1)Nc1cc(Br)ccc1Br. The molecular formula is C13H13Br2NO. The molecule has 4 heteroatoms. The van der Waals surface area contributed by atoms with E-state index in [0.29, 0.717) is 6.04 Å². The third-order valence-corrected chi connectivity index (χ3v) is 3.60. The van der Waals surface area contributed by atoms with Crippen molar-refractivity contribution in [3.63, 3.8) is 0 Å². The van der Waals surface area contributed by atoms with E-state index >= 15 is 0 Å². The summed E-state index contributed by atoms with van der Waals surface area (Å²) in [7, 11) is 0. The van der Waals surface area contributed by atoms with E-state index < -0.39 is 0 Å². The van der Waals surface area contributed by atoms with Crippen LogP contribution in [0.15, 0.2) is 50.0 Å². The van der Waals surface area contributed by atoms with Crippen LogP contribution in [0.5, 0.6) is 0 Å². The van der Waals surface area contributed by atoms with Gasteiger partial charge in [0.1, 0.15) is 5.76 Å². The van der Waals surface area contributed by atoms with Crippen molar-refractivity contribution >= 4 is 37.5 Å². The largest absolute Gasteiger partial charge is 0.469 e. The van der Waals surface area contributed by atoms with Gasteiger partial charge in [-0.15, -0.1) is 0 Å². The molecule has 0 radical (unpaired) electrons. The number of nitrogens with one attached hydrogen (secondary N) is 1. The van der Waals surface area contributed by atoms with Crippen LogP contribution in [0.4, 0.5) is 5.69 Å².